The van der Waals surface area contributed by atoms with Gasteiger partial charge in [0.25, 0.3) is 0 Å². The first-order valence-electron chi connectivity index (χ1n) is 2.20. The molecule has 0 fully saturated rings. The molecule has 0 N–H and O–H groups in total. The molecule has 0 saturated carbocycles. The Morgan fingerprint density at radius 1 is 1.71 bits per heavy atom. The van der Waals surface area contributed by atoms with Gasteiger partial charge in [-0.05, 0) is 28.4 Å². The van der Waals surface area contributed by atoms with Gasteiger partial charge in [-0.15, -0.1) is 0 Å². The van der Waals surface area contributed by atoms with Crippen molar-refractivity contribution in [1.82, 2.24) is 4.34 Å². The van der Waals surface area contributed by atoms with Crippen molar-refractivity contribution in [3.63, 3.8) is 0 Å². The summed E-state index contributed by atoms with van der Waals surface area (Å²) in [5.74, 6) is 0. The van der Waals surface area contributed by atoms with Gasteiger partial charge in [-0.2, -0.15) is 0 Å². The number of aryl methyl sites for hydroxylation is 1. The van der Waals surface area contributed by atoms with E-state index in [0.717, 1.165) is 0 Å². The van der Waals surface area contributed by atoms with Crippen molar-refractivity contribution in [3.8, 4) is 0 Å². The molecule has 0 aliphatic carbocycles. The van der Waals surface area contributed by atoms with Crippen LogP contribution in [0.4, 0.5) is 0 Å². The average molecular weight is 113 g/mol. The average Bonchev–Trinajstić information content (AvgIpc) is 1.91. The van der Waals surface area contributed by atoms with E-state index in [2.05, 4.69) is 22.4 Å². The maximum atomic E-state index is 2.59. The Kier molecular flexibility index (Phi) is 1.16. The van der Waals surface area contributed by atoms with Gasteiger partial charge in [0.15, 0.2) is 0 Å². The molecular weight excluding hydrogens is 105 g/mol. The quantitative estimate of drug-likeness (QED) is 0.448. The molecule has 1 heterocycles. The van der Waals surface area contributed by atoms with Crippen molar-refractivity contribution in [1.29, 1.82) is 0 Å². The molecule has 1 atom stereocenters. The third-order valence-corrected chi connectivity index (χ3v) is 1.57. The summed E-state index contributed by atoms with van der Waals surface area (Å²) in [4.78, 5) is 0. The largest absolute Gasteiger partial charge is 0.336 e. The summed E-state index contributed by atoms with van der Waals surface area (Å²) in [7, 11) is 2.59. The lowest BCUT2D eigenvalue weighted by Gasteiger charge is -1.89. The maximum absolute atomic E-state index is 2.59. The smallest absolute Gasteiger partial charge is 0.0176 e. The molecule has 0 aromatic carbocycles. The topological polar surface area (TPSA) is 4.93 Å². The summed E-state index contributed by atoms with van der Waals surface area (Å²) in [5.41, 5.74) is 1.27. The zero-order valence-corrected chi connectivity index (χ0v) is 5.41. The molecule has 1 aromatic heterocycles. The molecular formula is C5H8NP. The zero-order valence-electron chi connectivity index (χ0n) is 4.26. The van der Waals surface area contributed by atoms with Gasteiger partial charge in [-0.1, -0.05) is 0 Å². The molecule has 7 heavy (non-hydrogen) atoms. The van der Waals surface area contributed by atoms with Crippen LogP contribution in [0.2, 0.25) is 0 Å². The first kappa shape index (κ1) is 4.86. The van der Waals surface area contributed by atoms with Crippen molar-refractivity contribution in [2.45, 2.75) is 6.92 Å². The van der Waals surface area contributed by atoms with Gasteiger partial charge in [-0.3, -0.25) is 0 Å². The zero-order chi connectivity index (χ0) is 5.28. The van der Waals surface area contributed by atoms with Crippen molar-refractivity contribution < 1.29 is 0 Å². The van der Waals surface area contributed by atoms with Gasteiger partial charge in [0.05, 0.1) is 0 Å². The summed E-state index contributed by atoms with van der Waals surface area (Å²) >= 11 is 0. The van der Waals surface area contributed by atoms with E-state index < -0.39 is 0 Å². The summed E-state index contributed by atoms with van der Waals surface area (Å²) in [6.45, 7) is 2.06. The van der Waals surface area contributed by atoms with E-state index >= 15 is 0 Å². The van der Waals surface area contributed by atoms with Crippen LogP contribution in [0.5, 0.6) is 0 Å². The fourth-order valence-electron chi connectivity index (χ4n) is 0.479. The minimum Gasteiger partial charge on any atom is -0.336 e. The van der Waals surface area contributed by atoms with Crippen molar-refractivity contribution in [2.24, 2.45) is 0 Å². The van der Waals surface area contributed by atoms with Crippen molar-refractivity contribution in [2.75, 3.05) is 0 Å². The lowest BCUT2D eigenvalue weighted by molar-refractivity contribution is 1.18. The third kappa shape index (κ3) is 0.834. The molecule has 0 spiro atoms. The Morgan fingerprint density at radius 2 is 2.43 bits per heavy atom. The maximum Gasteiger partial charge on any atom is 0.0176 e. The monoisotopic (exact) mass is 113 g/mol. The predicted molar refractivity (Wildman–Crippen MR) is 34.3 cm³/mol. The van der Waals surface area contributed by atoms with Gasteiger partial charge < -0.3 is 4.34 Å². The standard InChI is InChI=1S/C5H8NP/c1-5-3-2-4-6(5)7/h2-4H,7H2,1H3. The van der Waals surface area contributed by atoms with Crippen LogP contribution in [0.1, 0.15) is 5.69 Å². The third-order valence-electron chi connectivity index (χ3n) is 0.991. The molecule has 1 unspecified atom stereocenters. The molecule has 38 valence electrons. The highest BCUT2D eigenvalue weighted by Gasteiger charge is 1.82. The number of hydrogen-bond donors (Lipinski definition) is 0. The van der Waals surface area contributed by atoms with Crippen LogP contribution < -0.4 is 0 Å². The minimum absolute atomic E-state index is 1.27. The Bertz CT molecular complexity index is 140. The fraction of sp³-hybridized carbons (Fsp3) is 0.200. The Hall–Kier alpha value is -0.290. The predicted octanol–water partition coefficient (Wildman–Crippen LogP) is 1.43. The molecule has 2 heteroatoms. The van der Waals surface area contributed by atoms with Gasteiger partial charge in [-0.25, -0.2) is 0 Å². The molecule has 0 amide bonds. The molecule has 0 bridgehead atoms. The number of aromatic nitrogens is 1. The molecule has 0 aliphatic heterocycles. The summed E-state index contributed by atoms with van der Waals surface area (Å²) in [5, 5.41) is 0. The molecule has 0 radical (unpaired) electrons. The van der Waals surface area contributed by atoms with E-state index in [-0.39, 0.29) is 0 Å². The van der Waals surface area contributed by atoms with Crippen molar-refractivity contribution >= 4 is 9.39 Å². The Labute approximate surface area is 45.6 Å². The molecule has 1 aromatic rings. The van der Waals surface area contributed by atoms with E-state index in [9.17, 15) is 0 Å². The van der Waals surface area contributed by atoms with Crippen LogP contribution in [-0.2, 0) is 0 Å². The van der Waals surface area contributed by atoms with E-state index in [1.165, 1.54) is 5.69 Å². The molecule has 1 nitrogen and oxygen atoms in total. The normalized spacial score (nSPS) is 9.43. The van der Waals surface area contributed by atoms with Crippen LogP contribution in [0.3, 0.4) is 0 Å². The summed E-state index contributed by atoms with van der Waals surface area (Å²) in [6.07, 6.45) is 2.00. The molecule has 1 rings (SSSR count). The summed E-state index contributed by atoms with van der Waals surface area (Å²) < 4.78 is 2.00. The second-order valence-corrected chi connectivity index (χ2v) is 2.11. The van der Waals surface area contributed by atoms with Gasteiger partial charge in [0.1, 0.15) is 0 Å². The van der Waals surface area contributed by atoms with Gasteiger partial charge in [0, 0.05) is 11.9 Å². The summed E-state index contributed by atoms with van der Waals surface area (Å²) in [6, 6.07) is 4.08. The first-order chi connectivity index (χ1) is 3.30. The molecule has 0 saturated heterocycles. The highest BCUT2D eigenvalue weighted by atomic mass is 31.0. The second kappa shape index (κ2) is 1.67. The minimum atomic E-state index is 1.27. The van der Waals surface area contributed by atoms with E-state index in [1.54, 1.807) is 0 Å². The SMILES string of the molecule is Cc1cccn1P. The second-order valence-electron chi connectivity index (χ2n) is 1.56. The van der Waals surface area contributed by atoms with E-state index in [1.807, 2.05) is 16.6 Å². The van der Waals surface area contributed by atoms with E-state index in [4.69, 9.17) is 0 Å². The number of hydrogen-bond acceptors (Lipinski definition) is 0. The lowest BCUT2D eigenvalue weighted by Crippen LogP contribution is -1.74. The van der Waals surface area contributed by atoms with Crippen LogP contribution in [0, 0.1) is 6.92 Å². The van der Waals surface area contributed by atoms with Crippen LogP contribution in [0.15, 0.2) is 18.3 Å². The van der Waals surface area contributed by atoms with E-state index in [0.29, 0.717) is 0 Å². The Balaban J connectivity index is 3.12. The van der Waals surface area contributed by atoms with Crippen molar-refractivity contribution in [3.05, 3.63) is 24.0 Å². The fourth-order valence-corrected chi connectivity index (χ4v) is 0.664. The first-order valence-corrected chi connectivity index (χ1v) is 2.71. The van der Waals surface area contributed by atoms with Gasteiger partial charge >= 0.3 is 0 Å². The highest BCUT2D eigenvalue weighted by Crippen LogP contribution is 2.01. The molecule has 0 aliphatic rings. The number of nitrogens with zero attached hydrogens (tertiary/aromatic N) is 1. The van der Waals surface area contributed by atoms with Gasteiger partial charge in [0.2, 0.25) is 0 Å². The number of rotatable bonds is 0. The van der Waals surface area contributed by atoms with Crippen LogP contribution in [-0.4, -0.2) is 4.34 Å². The van der Waals surface area contributed by atoms with Crippen LogP contribution >= 0.6 is 9.39 Å². The Morgan fingerprint density at radius 3 is 2.57 bits per heavy atom. The van der Waals surface area contributed by atoms with Crippen LogP contribution in [0.25, 0.3) is 0 Å². The lowest BCUT2D eigenvalue weighted by atomic mass is 10.5. The highest BCUT2D eigenvalue weighted by molar-refractivity contribution is 7.14.